The van der Waals surface area contributed by atoms with Gasteiger partial charge in [0.1, 0.15) is 17.3 Å². The van der Waals surface area contributed by atoms with E-state index in [-0.39, 0.29) is 11.9 Å². The van der Waals surface area contributed by atoms with E-state index in [1.165, 1.54) is 12.3 Å². The predicted octanol–water partition coefficient (Wildman–Crippen LogP) is 1.96. The highest BCUT2D eigenvalue weighted by molar-refractivity contribution is 5.57. The Hall–Kier alpha value is -1.79. The van der Waals surface area contributed by atoms with Crippen LogP contribution in [0, 0.1) is 12.7 Å². The van der Waals surface area contributed by atoms with Crippen LogP contribution in [0.2, 0.25) is 0 Å². The number of aromatic amines is 1. The normalized spacial score (nSPS) is 12.6. The molecule has 2 aromatic rings. The second-order valence-corrected chi connectivity index (χ2v) is 4.35. The Balaban J connectivity index is 2.23. The number of nitrogens with one attached hydrogen (secondary N) is 1. The van der Waals surface area contributed by atoms with Crippen LogP contribution >= 0.6 is 0 Å². The minimum Gasteiger partial charge on any atom is -0.385 e. The molecule has 0 spiro atoms. The Morgan fingerprint density at radius 2 is 2.26 bits per heavy atom. The Labute approximate surface area is 111 Å². The molecule has 2 heterocycles. The Bertz CT molecular complexity index is 538. The highest BCUT2D eigenvalue weighted by Gasteiger charge is 2.15. The monoisotopic (exact) mass is 264 g/mol. The lowest BCUT2D eigenvalue weighted by atomic mass is 10.2. The molecule has 6 heteroatoms. The van der Waals surface area contributed by atoms with Crippen molar-refractivity contribution in [2.24, 2.45) is 5.73 Å². The molecule has 3 N–H and O–H groups in total. The molecule has 2 aromatic heterocycles. The molecule has 0 aromatic carbocycles. The van der Waals surface area contributed by atoms with Gasteiger partial charge < -0.3 is 15.5 Å². The fourth-order valence-corrected chi connectivity index (χ4v) is 1.81. The fourth-order valence-electron chi connectivity index (χ4n) is 1.81. The first kappa shape index (κ1) is 13.6. The third kappa shape index (κ3) is 3.15. The second kappa shape index (κ2) is 5.90. The molecule has 0 saturated heterocycles. The maximum Gasteiger partial charge on any atom is 0.141 e. The number of hydrogen-bond acceptors (Lipinski definition) is 4. The van der Waals surface area contributed by atoms with Crippen molar-refractivity contribution in [3.63, 3.8) is 0 Å². The zero-order valence-corrected chi connectivity index (χ0v) is 11.0. The number of aryl methyl sites for hydroxylation is 1. The summed E-state index contributed by atoms with van der Waals surface area (Å²) in [6.07, 6.45) is 1.85. The number of halogens is 1. The summed E-state index contributed by atoms with van der Waals surface area (Å²) in [7, 11) is 1.63. The third-order valence-corrected chi connectivity index (χ3v) is 2.86. The van der Waals surface area contributed by atoms with Gasteiger partial charge in [-0.25, -0.2) is 9.37 Å². The van der Waals surface area contributed by atoms with E-state index < -0.39 is 0 Å². The largest absolute Gasteiger partial charge is 0.385 e. The van der Waals surface area contributed by atoms with Crippen LogP contribution in [-0.2, 0) is 4.74 Å². The summed E-state index contributed by atoms with van der Waals surface area (Å²) in [6.45, 7) is 2.46. The summed E-state index contributed by atoms with van der Waals surface area (Å²) in [5.41, 5.74) is 8.20. The van der Waals surface area contributed by atoms with Gasteiger partial charge in [-0.3, -0.25) is 4.98 Å². The number of pyridine rings is 1. The van der Waals surface area contributed by atoms with Crippen molar-refractivity contribution in [1.29, 1.82) is 0 Å². The lowest BCUT2D eigenvalue weighted by molar-refractivity contribution is 0.187. The topological polar surface area (TPSA) is 76.8 Å². The standard InChI is InChI=1S/C13H17FN4O/c1-8-12(11-4-3-9(14)7-16-11)18-13(17-8)10(15)5-6-19-2/h3-4,7,10H,5-6,15H2,1-2H3,(H,17,18). The number of hydrogen-bond donors (Lipinski definition) is 2. The summed E-state index contributed by atoms with van der Waals surface area (Å²) < 4.78 is 17.8. The van der Waals surface area contributed by atoms with Gasteiger partial charge in [0.2, 0.25) is 0 Å². The van der Waals surface area contributed by atoms with Crippen LogP contribution in [0.5, 0.6) is 0 Å². The quantitative estimate of drug-likeness (QED) is 0.865. The van der Waals surface area contributed by atoms with Crippen molar-refractivity contribution < 1.29 is 9.13 Å². The Morgan fingerprint density at radius 1 is 1.47 bits per heavy atom. The van der Waals surface area contributed by atoms with E-state index >= 15 is 0 Å². The van der Waals surface area contributed by atoms with Gasteiger partial charge in [-0.05, 0) is 25.5 Å². The summed E-state index contributed by atoms with van der Waals surface area (Å²) >= 11 is 0. The van der Waals surface area contributed by atoms with Gasteiger partial charge in [-0.15, -0.1) is 0 Å². The first-order valence-electron chi connectivity index (χ1n) is 6.04. The molecule has 19 heavy (non-hydrogen) atoms. The first-order valence-corrected chi connectivity index (χ1v) is 6.04. The van der Waals surface area contributed by atoms with E-state index in [9.17, 15) is 4.39 Å². The molecule has 1 atom stereocenters. The predicted molar refractivity (Wildman–Crippen MR) is 69.9 cm³/mol. The molecule has 0 saturated carbocycles. The molecule has 5 nitrogen and oxygen atoms in total. The number of imidazole rings is 1. The minimum atomic E-state index is -0.367. The van der Waals surface area contributed by atoms with Crippen molar-refractivity contribution in [1.82, 2.24) is 15.0 Å². The van der Waals surface area contributed by atoms with Crippen molar-refractivity contribution in [3.05, 3.63) is 35.7 Å². The molecule has 0 radical (unpaired) electrons. The van der Waals surface area contributed by atoms with Gasteiger partial charge in [0.05, 0.1) is 17.9 Å². The van der Waals surface area contributed by atoms with E-state index in [1.54, 1.807) is 13.2 Å². The van der Waals surface area contributed by atoms with Crippen molar-refractivity contribution >= 4 is 0 Å². The average molecular weight is 264 g/mol. The number of rotatable bonds is 5. The summed E-state index contributed by atoms with van der Waals surface area (Å²) in [6, 6.07) is 2.75. The van der Waals surface area contributed by atoms with Crippen molar-refractivity contribution in [2.75, 3.05) is 13.7 Å². The molecule has 0 fully saturated rings. The third-order valence-electron chi connectivity index (χ3n) is 2.86. The average Bonchev–Trinajstić information content (AvgIpc) is 2.79. The highest BCUT2D eigenvalue weighted by atomic mass is 19.1. The molecule has 1 unspecified atom stereocenters. The molecule has 2 rings (SSSR count). The maximum atomic E-state index is 12.9. The first-order chi connectivity index (χ1) is 9.11. The van der Waals surface area contributed by atoms with Gasteiger partial charge in [0.25, 0.3) is 0 Å². The Morgan fingerprint density at radius 3 is 2.89 bits per heavy atom. The number of aromatic nitrogens is 3. The lowest BCUT2D eigenvalue weighted by Crippen LogP contribution is -2.14. The van der Waals surface area contributed by atoms with Crippen LogP contribution in [0.25, 0.3) is 11.4 Å². The molecular formula is C13H17FN4O. The van der Waals surface area contributed by atoms with E-state index in [2.05, 4.69) is 15.0 Å². The summed E-state index contributed by atoms with van der Waals surface area (Å²) in [5, 5.41) is 0. The van der Waals surface area contributed by atoms with E-state index in [0.29, 0.717) is 30.2 Å². The van der Waals surface area contributed by atoms with Crippen LogP contribution in [-0.4, -0.2) is 28.7 Å². The SMILES string of the molecule is COCCC(N)c1nc(-c2ccc(F)cn2)c(C)[nH]1. The van der Waals surface area contributed by atoms with E-state index in [4.69, 9.17) is 10.5 Å². The maximum absolute atomic E-state index is 12.9. The number of ether oxygens (including phenoxy) is 1. The van der Waals surface area contributed by atoms with Gasteiger partial charge in [-0.1, -0.05) is 0 Å². The van der Waals surface area contributed by atoms with Crippen LogP contribution in [0.1, 0.15) is 24.0 Å². The van der Waals surface area contributed by atoms with Crippen molar-refractivity contribution in [2.45, 2.75) is 19.4 Å². The number of methoxy groups -OCH3 is 1. The molecule has 0 aliphatic rings. The zero-order valence-electron chi connectivity index (χ0n) is 11.0. The van der Waals surface area contributed by atoms with Crippen molar-refractivity contribution in [3.8, 4) is 11.4 Å². The van der Waals surface area contributed by atoms with Gasteiger partial charge >= 0.3 is 0 Å². The zero-order chi connectivity index (χ0) is 13.8. The number of nitrogens with two attached hydrogens (primary N) is 1. The molecule has 0 bridgehead atoms. The van der Waals surface area contributed by atoms with E-state index in [0.717, 1.165) is 5.69 Å². The highest BCUT2D eigenvalue weighted by Crippen LogP contribution is 2.21. The number of nitrogens with zero attached hydrogens (tertiary/aromatic N) is 2. The van der Waals surface area contributed by atoms with Gasteiger partial charge in [0, 0.05) is 19.4 Å². The van der Waals surface area contributed by atoms with Crippen LogP contribution in [0.4, 0.5) is 4.39 Å². The summed E-state index contributed by atoms with van der Waals surface area (Å²) in [4.78, 5) is 11.6. The van der Waals surface area contributed by atoms with Crippen LogP contribution in [0.15, 0.2) is 18.3 Å². The van der Waals surface area contributed by atoms with E-state index in [1.807, 2.05) is 6.92 Å². The number of H-pyrrole nitrogens is 1. The minimum absolute atomic E-state index is 0.215. The lowest BCUT2D eigenvalue weighted by Gasteiger charge is -2.06. The summed E-state index contributed by atoms with van der Waals surface area (Å²) in [5.74, 6) is 0.324. The van der Waals surface area contributed by atoms with Crippen LogP contribution < -0.4 is 5.73 Å². The molecular weight excluding hydrogens is 247 g/mol. The Kier molecular flexibility index (Phi) is 4.24. The second-order valence-electron chi connectivity index (χ2n) is 4.35. The molecule has 0 aliphatic heterocycles. The van der Waals surface area contributed by atoms with Gasteiger partial charge in [-0.2, -0.15) is 0 Å². The molecule has 0 aliphatic carbocycles. The van der Waals surface area contributed by atoms with Gasteiger partial charge in [0.15, 0.2) is 0 Å². The smallest absolute Gasteiger partial charge is 0.141 e. The molecule has 0 amide bonds. The van der Waals surface area contributed by atoms with Crippen LogP contribution in [0.3, 0.4) is 0 Å². The fraction of sp³-hybridized carbons (Fsp3) is 0.385. The molecule has 102 valence electrons.